The summed E-state index contributed by atoms with van der Waals surface area (Å²) in [5.41, 5.74) is 4.33. The van der Waals surface area contributed by atoms with Gasteiger partial charge >= 0.3 is 0 Å². The predicted molar refractivity (Wildman–Crippen MR) is 77.1 cm³/mol. The lowest BCUT2D eigenvalue weighted by Crippen LogP contribution is -1.98. The number of benzene rings is 1. The Labute approximate surface area is 109 Å². The third-order valence-corrected chi connectivity index (χ3v) is 2.97. The molecule has 0 radical (unpaired) electrons. The summed E-state index contributed by atoms with van der Waals surface area (Å²) in [5, 5.41) is 0.739. The highest BCUT2D eigenvalue weighted by Crippen LogP contribution is 2.15. The molecule has 1 nitrogen and oxygen atoms in total. The number of hydrogen-bond acceptors (Lipinski definition) is 1. The molecule has 0 bridgehead atoms. The van der Waals surface area contributed by atoms with Crippen molar-refractivity contribution in [1.29, 1.82) is 0 Å². The van der Waals surface area contributed by atoms with E-state index in [2.05, 4.69) is 31.5 Å². The number of rotatable bonds is 4. The van der Waals surface area contributed by atoms with Crippen LogP contribution in [0.15, 0.2) is 53.1 Å². The number of nitrogens with zero attached hydrogens (tertiary/aromatic N) is 1. The van der Waals surface area contributed by atoms with Gasteiger partial charge in [0.2, 0.25) is 0 Å². The smallest absolute Gasteiger partial charge is 0.0645 e. The molecule has 0 saturated carbocycles. The van der Waals surface area contributed by atoms with Crippen molar-refractivity contribution >= 4 is 17.3 Å². The molecule has 0 unspecified atom stereocenters. The first kappa shape index (κ1) is 13.7. The maximum absolute atomic E-state index is 5.87. The van der Waals surface area contributed by atoms with E-state index in [0.717, 1.165) is 28.3 Å². The van der Waals surface area contributed by atoms with Gasteiger partial charge in [-0.15, -0.1) is 0 Å². The Kier molecular flexibility index (Phi) is 5.17. The van der Waals surface area contributed by atoms with E-state index in [-0.39, 0.29) is 0 Å². The molecule has 0 saturated heterocycles. The van der Waals surface area contributed by atoms with Crippen LogP contribution >= 0.6 is 11.6 Å². The zero-order chi connectivity index (χ0) is 12.8. The van der Waals surface area contributed by atoms with E-state index in [4.69, 9.17) is 11.6 Å². The Hall–Kier alpha value is -1.34. The predicted octanol–water partition coefficient (Wildman–Crippen LogP) is 4.67. The second-order valence-corrected chi connectivity index (χ2v) is 4.34. The number of halogens is 1. The van der Waals surface area contributed by atoms with Gasteiger partial charge < -0.3 is 0 Å². The summed E-state index contributed by atoms with van der Waals surface area (Å²) >= 11 is 5.87. The molecule has 0 aromatic heterocycles. The molecule has 17 heavy (non-hydrogen) atoms. The van der Waals surface area contributed by atoms with Crippen LogP contribution in [0.3, 0.4) is 0 Å². The number of aliphatic imine (C=N–C) groups is 1. The minimum absolute atomic E-state index is 0.739. The quantitative estimate of drug-likeness (QED) is 0.542. The van der Waals surface area contributed by atoms with Crippen molar-refractivity contribution in [2.24, 2.45) is 4.99 Å². The molecule has 0 aliphatic carbocycles. The molecular formula is C15H18ClN. The SMILES string of the molecule is C=C(CC)/C(C)=C/C(=NC)c1ccc(Cl)cc1. The van der Waals surface area contributed by atoms with Crippen LogP contribution in [0.25, 0.3) is 0 Å². The van der Waals surface area contributed by atoms with Gasteiger partial charge in [-0.25, -0.2) is 0 Å². The van der Waals surface area contributed by atoms with Gasteiger partial charge in [-0.1, -0.05) is 42.8 Å². The molecule has 90 valence electrons. The second-order valence-electron chi connectivity index (χ2n) is 3.90. The summed E-state index contributed by atoms with van der Waals surface area (Å²) in [7, 11) is 1.79. The van der Waals surface area contributed by atoms with Gasteiger partial charge in [0.25, 0.3) is 0 Å². The monoisotopic (exact) mass is 247 g/mol. The highest BCUT2D eigenvalue weighted by Gasteiger charge is 2.01. The lowest BCUT2D eigenvalue weighted by atomic mass is 10.0. The summed E-state index contributed by atoms with van der Waals surface area (Å²) in [6.45, 7) is 8.19. The van der Waals surface area contributed by atoms with Crippen LogP contribution in [0.5, 0.6) is 0 Å². The van der Waals surface area contributed by atoms with Gasteiger partial charge in [-0.2, -0.15) is 0 Å². The Morgan fingerprint density at radius 1 is 1.35 bits per heavy atom. The third kappa shape index (κ3) is 3.86. The Balaban J connectivity index is 3.02. The van der Waals surface area contributed by atoms with Crippen molar-refractivity contribution in [2.75, 3.05) is 7.05 Å². The van der Waals surface area contributed by atoms with Gasteiger partial charge in [0.05, 0.1) is 5.71 Å². The fourth-order valence-corrected chi connectivity index (χ4v) is 1.61. The molecule has 0 amide bonds. The molecule has 2 heteroatoms. The minimum atomic E-state index is 0.739. The number of allylic oxidation sites excluding steroid dienone is 3. The van der Waals surface area contributed by atoms with Crippen LogP contribution in [-0.2, 0) is 0 Å². The first-order valence-electron chi connectivity index (χ1n) is 5.67. The lowest BCUT2D eigenvalue weighted by molar-refractivity contribution is 1.11. The highest BCUT2D eigenvalue weighted by atomic mass is 35.5. The summed E-state index contributed by atoms with van der Waals surface area (Å²) in [5.74, 6) is 0. The van der Waals surface area contributed by atoms with E-state index >= 15 is 0 Å². The molecule has 1 rings (SSSR count). The van der Waals surface area contributed by atoms with Crippen LogP contribution in [-0.4, -0.2) is 12.8 Å². The molecule has 0 aliphatic heterocycles. The molecule has 0 heterocycles. The van der Waals surface area contributed by atoms with Crippen molar-refractivity contribution in [1.82, 2.24) is 0 Å². The van der Waals surface area contributed by atoms with Gasteiger partial charge in [0.15, 0.2) is 0 Å². The average Bonchev–Trinajstić information content (AvgIpc) is 2.35. The van der Waals surface area contributed by atoms with Gasteiger partial charge in [0.1, 0.15) is 0 Å². The van der Waals surface area contributed by atoms with E-state index in [9.17, 15) is 0 Å². The van der Waals surface area contributed by atoms with Gasteiger partial charge in [0, 0.05) is 12.1 Å². The average molecular weight is 248 g/mol. The molecular weight excluding hydrogens is 230 g/mol. The molecule has 1 aromatic carbocycles. The van der Waals surface area contributed by atoms with Crippen molar-refractivity contribution in [3.05, 3.63) is 58.7 Å². The topological polar surface area (TPSA) is 12.4 Å². The molecule has 0 fully saturated rings. The van der Waals surface area contributed by atoms with Crippen molar-refractivity contribution in [3.63, 3.8) is 0 Å². The van der Waals surface area contributed by atoms with Crippen LogP contribution in [0.1, 0.15) is 25.8 Å². The van der Waals surface area contributed by atoms with Gasteiger partial charge in [-0.3, -0.25) is 4.99 Å². The van der Waals surface area contributed by atoms with Crippen LogP contribution in [0.2, 0.25) is 5.02 Å². The maximum atomic E-state index is 5.87. The highest BCUT2D eigenvalue weighted by molar-refractivity contribution is 6.30. The fourth-order valence-electron chi connectivity index (χ4n) is 1.48. The van der Waals surface area contributed by atoms with E-state index in [1.807, 2.05) is 24.3 Å². The fraction of sp³-hybridized carbons (Fsp3) is 0.267. The second kappa shape index (κ2) is 6.41. The standard InChI is InChI=1S/C15H18ClN/c1-5-11(2)12(3)10-15(17-4)13-6-8-14(16)9-7-13/h6-10H,2,5H2,1,3-4H3/b12-10+,17-15?. The lowest BCUT2D eigenvalue weighted by Gasteiger charge is -2.05. The summed E-state index contributed by atoms with van der Waals surface area (Å²) in [4.78, 5) is 4.30. The van der Waals surface area contributed by atoms with Crippen molar-refractivity contribution in [2.45, 2.75) is 20.3 Å². The first-order valence-corrected chi connectivity index (χ1v) is 6.05. The Morgan fingerprint density at radius 2 is 1.94 bits per heavy atom. The summed E-state index contributed by atoms with van der Waals surface area (Å²) in [6, 6.07) is 7.70. The van der Waals surface area contributed by atoms with Crippen LogP contribution in [0.4, 0.5) is 0 Å². The zero-order valence-electron chi connectivity index (χ0n) is 10.6. The molecule has 0 N–H and O–H groups in total. The Morgan fingerprint density at radius 3 is 2.41 bits per heavy atom. The molecule has 0 spiro atoms. The largest absolute Gasteiger partial charge is 0.288 e. The molecule has 0 aliphatic rings. The van der Waals surface area contributed by atoms with Crippen LogP contribution in [0, 0.1) is 0 Å². The van der Waals surface area contributed by atoms with Gasteiger partial charge in [-0.05, 0) is 42.7 Å². The summed E-state index contributed by atoms with van der Waals surface area (Å²) < 4.78 is 0. The van der Waals surface area contributed by atoms with Crippen LogP contribution < -0.4 is 0 Å². The zero-order valence-corrected chi connectivity index (χ0v) is 11.4. The normalized spacial score (nSPS) is 12.7. The first-order chi connectivity index (χ1) is 8.08. The Bertz CT molecular complexity index is 452. The third-order valence-electron chi connectivity index (χ3n) is 2.72. The van der Waals surface area contributed by atoms with E-state index in [1.165, 1.54) is 5.57 Å². The molecule has 0 atom stereocenters. The number of hydrogen-bond donors (Lipinski definition) is 0. The maximum Gasteiger partial charge on any atom is 0.0645 e. The van der Waals surface area contributed by atoms with Crippen molar-refractivity contribution < 1.29 is 0 Å². The summed E-state index contributed by atoms with van der Waals surface area (Å²) in [6.07, 6.45) is 3.02. The van der Waals surface area contributed by atoms with Crippen molar-refractivity contribution in [3.8, 4) is 0 Å². The van der Waals surface area contributed by atoms with E-state index < -0.39 is 0 Å². The van der Waals surface area contributed by atoms with E-state index in [0.29, 0.717) is 0 Å². The minimum Gasteiger partial charge on any atom is -0.288 e. The van der Waals surface area contributed by atoms with E-state index in [1.54, 1.807) is 7.05 Å². The molecule has 1 aromatic rings.